The van der Waals surface area contributed by atoms with E-state index in [1.165, 1.54) is 6.20 Å². The Kier molecular flexibility index (Phi) is 4.18. The summed E-state index contributed by atoms with van der Waals surface area (Å²) in [6, 6.07) is 5.70. The average molecular weight is 259 g/mol. The molecule has 5 heteroatoms. The van der Waals surface area contributed by atoms with Crippen molar-refractivity contribution in [2.24, 2.45) is 0 Å². The largest absolute Gasteiger partial charge is 0.491 e. The van der Waals surface area contributed by atoms with Gasteiger partial charge in [0.05, 0.1) is 24.1 Å². The molecule has 0 fully saturated rings. The van der Waals surface area contributed by atoms with Crippen LogP contribution < -0.4 is 10.1 Å². The lowest BCUT2D eigenvalue weighted by atomic mass is 10.2. The lowest BCUT2D eigenvalue weighted by molar-refractivity contribution is 0.102. The van der Waals surface area contributed by atoms with Crippen LogP contribution in [0.1, 0.15) is 29.3 Å². The Bertz CT molecular complexity index is 550. The summed E-state index contributed by atoms with van der Waals surface area (Å²) < 4.78 is 5.65. The van der Waals surface area contributed by atoms with Gasteiger partial charge in [0, 0.05) is 6.20 Å². The molecule has 0 saturated carbocycles. The molecule has 0 radical (unpaired) electrons. The van der Waals surface area contributed by atoms with Crippen molar-refractivity contribution in [2.45, 2.75) is 20.3 Å². The molecule has 0 aliphatic carbocycles. The molecule has 2 aromatic rings. The fourth-order valence-corrected chi connectivity index (χ4v) is 1.63. The second kappa shape index (κ2) is 6.04. The number of aromatic nitrogens is 2. The zero-order chi connectivity index (χ0) is 13.7. The first-order valence-corrected chi connectivity index (χ1v) is 6.24. The van der Waals surface area contributed by atoms with Crippen molar-refractivity contribution in [3.8, 4) is 5.75 Å². The molecule has 19 heavy (non-hydrogen) atoms. The molecule has 1 aromatic carbocycles. The molecule has 5 nitrogen and oxygen atoms in total. The minimum Gasteiger partial charge on any atom is -0.491 e. The van der Waals surface area contributed by atoms with Crippen LogP contribution >= 0.6 is 0 Å². The normalized spacial score (nSPS) is 10.2. The minimum absolute atomic E-state index is 0.209. The summed E-state index contributed by atoms with van der Waals surface area (Å²) in [5.41, 5.74) is 2.25. The van der Waals surface area contributed by atoms with Gasteiger partial charge in [-0.2, -0.15) is 5.10 Å². The summed E-state index contributed by atoms with van der Waals surface area (Å²) >= 11 is 0. The summed E-state index contributed by atoms with van der Waals surface area (Å²) in [5.74, 6) is 0.484. The van der Waals surface area contributed by atoms with Gasteiger partial charge in [-0.25, -0.2) is 0 Å². The van der Waals surface area contributed by atoms with Crippen molar-refractivity contribution >= 4 is 11.6 Å². The topological polar surface area (TPSA) is 67.0 Å². The van der Waals surface area contributed by atoms with Gasteiger partial charge in [0.25, 0.3) is 5.91 Å². The third-order valence-electron chi connectivity index (χ3n) is 2.61. The molecular weight excluding hydrogens is 242 g/mol. The summed E-state index contributed by atoms with van der Waals surface area (Å²) in [4.78, 5) is 12.0. The van der Waals surface area contributed by atoms with Crippen LogP contribution in [0.15, 0.2) is 30.6 Å². The maximum absolute atomic E-state index is 12.0. The number of H-pyrrole nitrogens is 1. The van der Waals surface area contributed by atoms with Crippen LogP contribution in [0.2, 0.25) is 0 Å². The number of nitrogens with zero attached hydrogens (tertiary/aromatic N) is 1. The maximum atomic E-state index is 12.0. The summed E-state index contributed by atoms with van der Waals surface area (Å²) in [7, 11) is 0. The monoisotopic (exact) mass is 259 g/mol. The zero-order valence-electron chi connectivity index (χ0n) is 11.1. The van der Waals surface area contributed by atoms with Gasteiger partial charge in [-0.1, -0.05) is 13.0 Å². The molecule has 0 bridgehead atoms. The zero-order valence-corrected chi connectivity index (χ0v) is 11.1. The molecule has 0 saturated heterocycles. The Balaban J connectivity index is 2.17. The van der Waals surface area contributed by atoms with E-state index in [9.17, 15) is 4.79 Å². The summed E-state index contributed by atoms with van der Waals surface area (Å²) in [6.45, 7) is 4.65. The number of hydrogen-bond donors (Lipinski definition) is 2. The molecule has 1 amide bonds. The van der Waals surface area contributed by atoms with Crippen molar-refractivity contribution in [1.82, 2.24) is 10.2 Å². The molecule has 0 aliphatic heterocycles. The van der Waals surface area contributed by atoms with E-state index in [4.69, 9.17) is 4.74 Å². The molecule has 2 rings (SSSR count). The lowest BCUT2D eigenvalue weighted by Crippen LogP contribution is -2.12. The quantitative estimate of drug-likeness (QED) is 0.867. The van der Waals surface area contributed by atoms with Gasteiger partial charge >= 0.3 is 0 Å². The molecule has 100 valence electrons. The Morgan fingerprint density at radius 1 is 1.47 bits per heavy atom. The standard InChI is InChI=1S/C14H17N3O2/c1-3-6-19-13-7-10(2)4-5-12(13)17-14(18)11-8-15-16-9-11/h4-5,7-9H,3,6H2,1-2H3,(H,15,16)(H,17,18). The second-order valence-corrected chi connectivity index (χ2v) is 4.29. The Morgan fingerprint density at radius 3 is 3.00 bits per heavy atom. The summed E-state index contributed by atoms with van der Waals surface area (Å²) in [5, 5.41) is 9.19. The van der Waals surface area contributed by atoms with E-state index < -0.39 is 0 Å². The highest BCUT2D eigenvalue weighted by molar-refractivity contribution is 6.04. The molecule has 1 heterocycles. The predicted molar refractivity (Wildman–Crippen MR) is 73.5 cm³/mol. The van der Waals surface area contributed by atoms with E-state index in [-0.39, 0.29) is 5.91 Å². The molecule has 2 N–H and O–H groups in total. The first kappa shape index (κ1) is 13.1. The van der Waals surface area contributed by atoms with Crippen LogP contribution in [0, 0.1) is 6.92 Å². The second-order valence-electron chi connectivity index (χ2n) is 4.29. The number of hydrogen-bond acceptors (Lipinski definition) is 3. The number of carbonyl (C=O) groups is 1. The van der Waals surface area contributed by atoms with E-state index in [2.05, 4.69) is 15.5 Å². The van der Waals surface area contributed by atoms with Crippen LogP contribution in [0.25, 0.3) is 0 Å². The van der Waals surface area contributed by atoms with Gasteiger partial charge in [-0.15, -0.1) is 0 Å². The van der Waals surface area contributed by atoms with Crippen molar-refractivity contribution < 1.29 is 9.53 Å². The van der Waals surface area contributed by atoms with Gasteiger partial charge in [-0.3, -0.25) is 9.89 Å². The Hall–Kier alpha value is -2.30. The minimum atomic E-state index is -0.209. The van der Waals surface area contributed by atoms with E-state index in [1.807, 2.05) is 32.0 Å². The first-order valence-electron chi connectivity index (χ1n) is 6.24. The number of nitrogens with one attached hydrogen (secondary N) is 2. The number of ether oxygens (including phenoxy) is 1. The fourth-order valence-electron chi connectivity index (χ4n) is 1.63. The van der Waals surface area contributed by atoms with E-state index in [0.717, 1.165) is 12.0 Å². The average Bonchev–Trinajstić information content (AvgIpc) is 2.93. The van der Waals surface area contributed by atoms with Crippen molar-refractivity contribution in [3.63, 3.8) is 0 Å². The highest BCUT2D eigenvalue weighted by Crippen LogP contribution is 2.26. The van der Waals surface area contributed by atoms with Crippen molar-refractivity contribution in [2.75, 3.05) is 11.9 Å². The van der Waals surface area contributed by atoms with Crippen LogP contribution in [-0.2, 0) is 0 Å². The molecular formula is C14H17N3O2. The molecule has 0 unspecified atom stereocenters. The van der Waals surface area contributed by atoms with E-state index in [1.54, 1.807) is 6.20 Å². The molecule has 0 aliphatic rings. The predicted octanol–water partition coefficient (Wildman–Crippen LogP) is 2.76. The van der Waals surface area contributed by atoms with Gasteiger partial charge in [0.1, 0.15) is 5.75 Å². The highest BCUT2D eigenvalue weighted by atomic mass is 16.5. The smallest absolute Gasteiger partial charge is 0.258 e. The van der Waals surface area contributed by atoms with Crippen LogP contribution in [-0.4, -0.2) is 22.7 Å². The number of rotatable bonds is 5. The highest BCUT2D eigenvalue weighted by Gasteiger charge is 2.11. The van der Waals surface area contributed by atoms with Crippen LogP contribution in [0.5, 0.6) is 5.75 Å². The number of amides is 1. The van der Waals surface area contributed by atoms with Crippen LogP contribution in [0.4, 0.5) is 5.69 Å². The number of carbonyl (C=O) groups excluding carboxylic acids is 1. The molecule has 0 atom stereocenters. The third-order valence-corrected chi connectivity index (χ3v) is 2.61. The summed E-state index contributed by atoms with van der Waals surface area (Å²) in [6.07, 6.45) is 3.95. The number of aryl methyl sites for hydroxylation is 1. The molecule has 1 aromatic heterocycles. The van der Waals surface area contributed by atoms with Gasteiger partial charge in [0.2, 0.25) is 0 Å². The van der Waals surface area contributed by atoms with Gasteiger partial charge in [0.15, 0.2) is 0 Å². The van der Waals surface area contributed by atoms with E-state index in [0.29, 0.717) is 23.6 Å². The lowest BCUT2D eigenvalue weighted by Gasteiger charge is -2.12. The number of anilines is 1. The SMILES string of the molecule is CCCOc1cc(C)ccc1NC(=O)c1cn[nH]c1. The number of benzene rings is 1. The van der Waals surface area contributed by atoms with Crippen LogP contribution in [0.3, 0.4) is 0 Å². The van der Waals surface area contributed by atoms with Crippen molar-refractivity contribution in [1.29, 1.82) is 0 Å². The maximum Gasteiger partial charge on any atom is 0.258 e. The number of aromatic amines is 1. The Morgan fingerprint density at radius 2 is 2.32 bits per heavy atom. The first-order chi connectivity index (χ1) is 9.20. The van der Waals surface area contributed by atoms with Gasteiger partial charge in [-0.05, 0) is 31.0 Å². The van der Waals surface area contributed by atoms with Crippen molar-refractivity contribution in [3.05, 3.63) is 41.7 Å². The van der Waals surface area contributed by atoms with Gasteiger partial charge < -0.3 is 10.1 Å². The van der Waals surface area contributed by atoms with E-state index >= 15 is 0 Å². The Labute approximate surface area is 112 Å². The third kappa shape index (κ3) is 3.34. The fraction of sp³-hybridized carbons (Fsp3) is 0.286. The molecule has 0 spiro atoms.